The molecular formula is C11H12N2O2S. The molecule has 0 aliphatic heterocycles. The molecule has 1 aromatic heterocycles. The van der Waals surface area contributed by atoms with Gasteiger partial charge < -0.3 is 10.5 Å². The number of hydrogen-bond donors (Lipinski definition) is 1. The van der Waals surface area contributed by atoms with Gasteiger partial charge in [0.1, 0.15) is 5.00 Å². The monoisotopic (exact) mass is 236 g/mol. The zero-order chi connectivity index (χ0) is 12.3. The highest BCUT2D eigenvalue weighted by Gasteiger charge is 2.20. The number of ether oxygens (including phenoxy) is 1. The molecule has 0 bridgehead atoms. The van der Waals surface area contributed by atoms with Crippen molar-refractivity contribution in [3.05, 3.63) is 22.1 Å². The van der Waals surface area contributed by atoms with Gasteiger partial charge in [-0.15, -0.1) is 11.3 Å². The Kier molecular flexibility index (Phi) is 3.69. The quantitative estimate of drug-likeness (QED) is 0.631. The molecule has 16 heavy (non-hydrogen) atoms. The maximum Gasteiger partial charge on any atom is 0.341 e. The number of nitrogen functional groups attached to an aromatic ring is 1. The van der Waals surface area contributed by atoms with E-state index in [0.717, 1.165) is 16.0 Å². The molecule has 0 radical (unpaired) electrons. The maximum absolute atomic E-state index is 11.5. The second-order valence-corrected chi connectivity index (χ2v) is 4.30. The molecule has 1 aromatic rings. The lowest BCUT2D eigenvalue weighted by atomic mass is 10.1. The Bertz CT molecular complexity index is 495. The van der Waals surface area contributed by atoms with Crippen LogP contribution >= 0.6 is 11.3 Å². The van der Waals surface area contributed by atoms with Crippen molar-refractivity contribution in [3.63, 3.8) is 0 Å². The molecule has 0 aromatic carbocycles. The molecule has 0 fully saturated rings. The average molecular weight is 236 g/mol. The maximum atomic E-state index is 11.5. The van der Waals surface area contributed by atoms with Crippen molar-refractivity contribution < 1.29 is 9.53 Å². The molecule has 2 N–H and O–H groups in total. The van der Waals surface area contributed by atoms with Crippen molar-refractivity contribution in [2.24, 2.45) is 0 Å². The zero-order valence-electron chi connectivity index (χ0n) is 9.33. The van der Waals surface area contributed by atoms with Crippen LogP contribution in [0.4, 0.5) is 5.00 Å². The minimum absolute atomic E-state index is 0.396. The highest BCUT2D eigenvalue weighted by atomic mass is 32.1. The molecule has 1 rings (SSSR count). The Hall–Kier alpha value is -1.80. The normalized spacial score (nSPS) is 11.0. The van der Waals surface area contributed by atoms with E-state index in [0.29, 0.717) is 10.6 Å². The number of nitrogens with zero attached hydrogens (tertiary/aromatic N) is 1. The number of nitriles is 1. The second-order valence-electron chi connectivity index (χ2n) is 3.24. The van der Waals surface area contributed by atoms with Crippen LogP contribution in [0.2, 0.25) is 0 Å². The third kappa shape index (κ3) is 2.07. The van der Waals surface area contributed by atoms with Crippen molar-refractivity contribution in [1.29, 1.82) is 5.26 Å². The molecule has 84 valence electrons. The van der Waals surface area contributed by atoms with Crippen molar-refractivity contribution in [2.75, 3.05) is 12.8 Å². The molecule has 5 heteroatoms. The minimum Gasteiger partial charge on any atom is -0.465 e. The van der Waals surface area contributed by atoms with Crippen molar-refractivity contribution in [2.45, 2.75) is 13.8 Å². The molecule has 4 nitrogen and oxygen atoms in total. The lowest BCUT2D eigenvalue weighted by Gasteiger charge is -2.00. The van der Waals surface area contributed by atoms with Gasteiger partial charge in [-0.05, 0) is 25.0 Å². The number of allylic oxidation sites excluding steroid dienone is 2. The minimum atomic E-state index is -0.442. The number of thiophene rings is 1. The second kappa shape index (κ2) is 4.81. The van der Waals surface area contributed by atoms with E-state index < -0.39 is 5.97 Å². The highest BCUT2D eigenvalue weighted by molar-refractivity contribution is 7.17. The summed E-state index contributed by atoms with van der Waals surface area (Å²) in [4.78, 5) is 12.3. The predicted molar refractivity (Wildman–Crippen MR) is 64.1 cm³/mol. The number of esters is 1. The first-order valence-electron chi connectivity index (χ1n) is 4.56. The van der Waals surface area contributed by atoms with Gasteiger partial charge in [-0.25, -0.2) is 4.79 Å². The molecule has 0 aliphatic carbocycles. The van der Waals surface area contributed by atoms with Gasteiger partial charge in [0, 0.05) is 11.0 Å². The summed E-state index contributed by atoms with van der Waals surface area (Å²) in [7, 11) is 1.32. The molecule has 0 amide bonds. The summed E-state index contributed by atoms with van der Waals surface area (Å²) in [6, 6.07) is 1.95. The van der Waals surface area contributed by atoms with Gasteiger partial charge >= 0.3 is 5.97 Å². The lowest BCUT2D eigenvalue weighted by molar-refractivity contribution is 0.0601. The number of carbonyl (C=O) groups is 1. The SMILES string of the molecule is COC(=O)c1c(N)sc(C(C)=CC#N)c1C. The average Bonchev–Trinajstić information content (AvgIpc) is 2.54. The largest absolute Gasteiger partial charge is 0.465 e. The number of anilines is 1. The zero-order valence-corrected chi connectivity index (χ0v) is 10.1. The van der Waals surface area contributed by atoms with Crippen LogP contribution in [0.3, 0.4) is 0 Å². The van der Waals surface area contributed by atoms with Crippen LogP contribution < -0.4 is 5.73 Å². The summed E-state index contributed by atoms with van der Waals surface area (Å²) >= 11 is 1.29. The molecule has 0 saturated carbocycles. The van der Waals surface area contributed by atoms with Crippen LogP contribution in [0.15, 0.2) is 6.08 Å². The van der Waals surface area contributed by atoms with Crippen molar-refractivity contribution in [3.8, 4) is 6.07 Å². The fourth-order valence-corrected chi connectivity index (χ4v) is 2.46. The van der Waals surface area contributed by atoms with Crippen LogP contribution in [0, 0.1) is 18.3 Å². The smallest absolute Gasteiger partial charge is 0.341 e. The van der Waals surface area contributed by atoms with Crippen LogP contribution in [0.5, 0.6) is 0 Å². The van der Waals surface area contributed by atoms with E-state index in [1.807, 2.05) is 13.0 Å². The standard InChI is InChI=1S/C11H12N2O2S/c1-6(4-5-12)9-7(2)8(10(13)16-9)11(14)15-3/h4H,13H2,1-3H3. The predicted octanol–water partition coefficient (Wildman–Crippen LogP) is 2.35. The Labute approximate surface area is 97.9 Å². The number of nitrogens with two attached hydrogens (primary N) is 1. The van der Waals surface area contributed by atoms with E-state index in [1.165, 1.54) is 24.5 Å². The van der Waals surface area contributed by atoms with E-state index in [4.69, 9.17) is 11.0 Å². The fourth-order valence-electron chi connectivity index (χ4n) is 1.43. The van der Waals surface area contributed by atoms with Crippen LogP contribution in [-0.2, 0) is 4.74 Å². The first-order chi connectivity index (χ1) is 7.52. The highest BCUT2D eigenvalue weighted by Crippen LogP contribution is 2.35. The summed E-state index contributed by atoms with van der Waals surface area (Å²) < 4.78 is 4.65. The summed E-state index contributed by atoms with van der Waals surface area (Å²) in [5.74, 6) is -0.442. The number of methoxy groups -OCH3 is 1. The first-order valence-corrected chi connectivity index (χ1v) is 5.38. The number of hydrogen-bond acceptors (Lipinski definition) is 5. The van der Waals surface area contributed by atoms with E-state index in [2.05, 4.69) is 4.74 Å². The topological polar surface area (TPSA) is 76.1 Å². The van der Waals surface area contributed by atoms with Gasteiger partial charge in [-0.3, -0.25) is 0 Å². The lowest BCUT2D eigenvalue weighted by Crippen LogP contribution is -2.04. The number of carbonyl (C=O) groups excluding carboxylic acids is 1. The Morgan fingerprint density at radius 1 is 1.62 bits per heavy atom. The van der Waals surface area contributed by atoms with Crippen LogP contribution in [0.25, 0.3) is 5.57 Å². The van der Waals surface area contributed by atoms with Gasteiger partial charge in [0.25, 0.3) is 0 Å². The van der Waals surface area contributed by atoms with E-state index in [-0.39, 0.29) is 0 Å². The van der Waals surface area contributed by atoms with Gasteiger partial charge in [-0.2, -0.15) is 5.26 Å². The van der Waals surface area contributed by atoms with E-state index >= 15 is 0 Å². The number of rotatable bonds is 2. The van der Waals surface area contributed by atoms with E-state index in [1.54, 1.807) is 6.92 Å². The third-order valence-corrected chi connectivity index (χ3v) is 3.46. The van der Waals surface area contributed by atoms with Gasteiger partial charge in [0.15, 0.2) is 0 Å². The summed E-state index contributed by atoms with van der Waals surface area (Å²) in [6.07, 6.45) is 1.43. The van der Waals surface area contributed by atoms with Crippen LogP contribution in [-0.4, -0.2) is 13.1 Å². The summed E-state index contributed by atoms with van der Waals surface area (Å²) in [6.45, 7) is 3.60. The fraction of sp³-hybridized carbons (Fsp3) is 0.273. The van der Waals surface area contributed by atoms with Gasteiger partial charge in [-0.1, -0.05) is 0 Å². The molecule has 0 atom stereocenters. The molecule has 0 spiro atoms. The van der Waals surface area contributed by atoms with Crippen LogP contribution in [0.1, 0.15) is 27.7 Å². The van der Waals surface area contributed by atoms with Crippen molar-refractivity contribution >= 4 is 27.9 Å². The van der Waals surface area contributed by atoms with Crippen molar-refractivity contribution in [1.82, 2.24) is 0 Å². The summed E-state index contributed by atoms with van der Waals surface area (Å²) in [5.41, 5.74) is 7.72. The van der Waals surface area contributed by atoms with Gasteiger partial charge in [0.2, 0.25) is 0 Å². The Balaban J connectivity index is 3.33. The van der Waals surface area contributed by atoms with E-state index in [9.17, 15) is 4.79 Å². The Morgan fingerprint density at radius 2 is 2.25 bits per heavy atom. The summed E-state index contributed by atoms with van der Waals surface area (Å²) in [5, 5.41) is 9.00. The van der Waals surface area contributed by atoms with Gasteiger partial charge in [0.05, 0.1) is 18.7 Å². The molecule has 0 aliphatic rings. The molecule has 0 saturated heterocycles. The first kappa shape index (κ1) is 12.3. The molecular weight excluding hydrogens is 224 g/mol. The Morgan fingerprint density at radius 3 is 2.75 bits per heavy atom. The molecule has 0 unspecified atom stereocenters. The third-order valence-electron chi connectivity index (χ3n) is 2.20. The molecule has 1 heterocycles.